The number of rotatable bonds is 9. The third-order valence-electron chi connectivity index (χ3n) is 4.41. The van der Waals surface area contributed by atoms with Gasteiger partial charge in [-0.3, -0.25) is 4.79 Å². The topological polar surface area (TPSA) is 83.7 Å². The van der Waals surface area contributed by atoms with Gasteiger partial charge in [-0.2, -0.15) is 10.4 Å². The Bertz CT molecular complexity index is 1120. The molecule has 1 amide bonds. The van der Waals surface area contributed by atoms with Crippen molar-refractivity contribution >= 4 is 23.7 Å². The fourth-order valence-corrected chi connectivity index (χ4v) is 2.92. The van der Waals surface area contributed by atoms with Gasteiger partial charge in [-0.05, 0) is 66.6 Å². The van der Waals surface area contributed by atoms with Gasteiger partial charge in [0.1, 0.15) is 18.1 Å². The van der Waals surface area contributed by atoms with Crippen molar-refractivity contribution in [2.45, 2.75) is 20.0 Å². The molecule has 6 nitrogen and oxygen atoms in total. The molecule has 3 rings (SSSR count). The second-order valence-electron chi connectivity index (χ2n) is 6.85. The summed E-state index contributed by atoms with van der Waals surface area (Å²) < 4.78 is 11.4. The number of ether oxygens (including phenoxy) is 2. The van der Waals surface area contributed by atoms with E-state index in [4.69, 9.17) is 26.3 Å². The van der Waals surface area contributed by atoms with Crippen molar-refractivity contribution in [2.24, 2.45) is 5.10 Å². The summed E-state index contributed by atoms with van der Waals surface area (Å²) in [4.78, 5) is 12.3. The SMILES string of the molecule is CCCOc1ccc(C(=O)N/N=C/c2cc(Cl)ccc2OCc2ccc(C#N)cc2)cc1. The first-order chi connectivity index (χ1) is 15.6. The van der Waals surface area contributed by atoms with E-state index in [1.54, 1.807) is 54.6 Å². The van der Waals surface area contributed by atoms with Gasteiger partial charge in [0.05, 0.1) is 24.5 Å². The number of carbonyl (C=O) groups excluding carboxylic acids is 1. The molecule has 0 aromatic heterocycles. The van der Waals surface area contributed by atoms with Crippen molar-refractivity contribution in [3.63, 3.8) is 0 Å². The molecular formula is C25H22ClN3O3. The van der Waals surface area contributed by atoms with Crippen LogP contribution in [0.2, 0.25) is 5.02 Å². The zero-order valence-electron chi connectivity index (χ0n) is 17.5. The highest BCUT2D eigenvalue weighted by atomic mass is 35.5. The average molecular weight is 448 g/mol. The van der Waals surface area contributed by atoms with Gasteiger partial charge in [-0.25, -0.2) is 5.43 Å². The van der Waals surface area contributed by atoms with Crippen LogP contribution in [-0.2, 0) is 6.61 Å². The van der Waals surface area contributed by atoms with Crippen molar-refractivity contribution in [3.05, 3.63) is 94.0 Å². The maximum absolute atomic E-state index is 12.3. The van der Waals surface area contributed by atoms with E-state index in [1.165, 1.54) is 6.21 Å². The van der Waals surface area contributed by atoms with Crippen molar-refractivity contribution in [2.75, 3.05) is 6.61 Å². The maximum Gasteiger partial charge on any atom is 0.271 e. The molecule has 0 radical (unpaired) electrons. The molecule has 32 heavy (non-hydrogen) atoms. The number of nitrogens with zero attached hydrogens (tertiary/aromatic N) is 2. The highest BCUT2D eigenvalue weighted by Gasteiger charge is 2.07. The number of nitriles is 1. The Morgan fingerprint density at radius 1 is 1.09 bits per heavy atom. The van der Waals surface area contributed by atoms with Crippen molar-refractivity contribution in [1.29, 1.82) is 5.26 Å². The Kier molecular flexibility index (Phi) is 8.24. The Hall–Kier alpha value is -3.82. The second kappa shape index (κ2) is 11.5. The molecule has 0 spiro atoms. The molecular weight excluding hydrogens is 426 g/mol. The molecule has 7 heteroatoms. The van der Waals surface area contributed by atoms with Crippen LogP contribution >= 0.6 is 11.6 Å². The third kappa shape index (κ3) is 6.59. The first kappa shape index (κ1) is 22.9. The van der Waals surface area contributed by atoms with E-state index in [9.17, 15) is 4.79 Å². The minimum Gasteiger partial charge on any atom is -0.494 e. The summed E-state index contributed by atoms with van der Waals surface area (Å²) in [6.45, 7) is 2.97. The van der Waals surface area contributed by atoms with Gasteiger partial charge in [-0.15, -0.1) is 0 Å². The first-order valence-electron chi connectivity index (χ1n) is 10.1. The first-order valence-corrected chi connectivity index (χ1v) is 10.4. The van der Waals surface area contributed by atoms with E-state index in [2.05, 4.69) is 16.6 Å². The number of hydrogen-bond donors (Lipinski definition) is 1. The average Bonchev–Trinajstić information content (AvgIpc) is 2.82. The zero-order chi connectivity index (χ0) is 22.8. The lowest BCUT2D eigenvalue weighted by atomic mass is 10.1. The molecule has 1 N–H and O–H groups in total. The summed E-state index contributed by atoms with van der Waals surface area (Å²) in [5.41, 5.74) is 5.10. The number of hydrazone groups is 1. The van der Waals surface area contributed by atoms with Crippen LogP contribution in [0.3, 0.4) is 0 Å². The lowest BCUT2D eigenvalue weighted by Gasteiger charge is -2.10. The van der Waals surface area contributed by atoms with Crippen LogP contribution in [0.15, 0.2) is 71.8 Å². The maximum atomic E-state index is 12.3. The van der Waals surface area contributed by atoms with E-state index in [0.29, 0.717) is 40.7 Å². The number of nitrogens with one attached hydrogen (secondary N) is 1. The van der Waals surface area contributed by atoms with E-state index in [0.717, 1.165) is 17.7 Å². The number of hydrogen-bond acceptors (Lipinski definition) is 5. The Morgan fingerprint density at radius 2 is 1.84 bits per heavy atom. The van der Waals surface area contributed by atoms with Crippen LogP contribution < -0.4 is 14.9 Å². The molecule has 0 aliphatic carbocycles. The van der Waals surface area contributed by atoms with Crippen LogP contribution in [-0.4, -0.2) is 18.7 Å². The smallest absolute Gasteiger partial charge is 0.271 e. The van der Waals surface area contributed by atoms with Crippen molar-refractivity contribution < 1.29 is 14.3 Å². The van der Waals surface area contributed by atoms with Crippen LogP contribution in [0.1, 0.15) is 40.4 Å². The third-order valence-corrected chi connectivity index (χ3v) is 4.64. The van der Waals surface area contributed by atoms with E-state index in [1.807, 2.05) is 19.1 Å². The molecule has 0 bridgehead atoms. The molecule has 3 aromatic rings. The summed E-state index contributed by atoms with van der Waals surface area (Å²) in [6.07, 6.45) is 2.40. The lowest BCUT2D eigenvalue weighted by Crippen LogP contribution is -2.17. The van der Waals surface area contributed by atoms with E-state index < -0.39 is 0 Å². The molecule has 0 saturated heterocycles. The van der Waals surface area contributed by atoms with E-state index >= 15 is 0 Å². The van der Waals surface area contributed by atoms with Crippen molar-refractivity contribution in [1.82, 2.24) is 5.43 Å². The van der Waals surface area contributed by atoms with Crippen LogP contribution in [0.4, 0.5) is 0 Å². The molecule has 0 heterocycles. The lowest BCUT2D eigenvalue weighted by molar-refractivity contribution is 0.0955. The number of halogens is 1. The van der Waals surface area contributed by atoms with Gasteiger partial charge in [0, 0.05) is 16.1 Å². The molecule has 0 unspecified atom stereocenters. The summed E-state index contributed by atoms with van der Waals surface area (Å²) in [7, 11) is 0. The van der Waals surface area contributed by atoms with Gasteiger partial charge >= 0.3 is 0 Å². The van der Waals surface area contributed by atoms with Crippen LogP contribution in [0, 0.1) is 11.3 Å². The normalized spacial score (nSPS) is 10.5. The summed E-state index contributed by atoms with van der Waals surface area (Å²) >= 11 is 6.11. The predicted molar refractivity (Wildman–Crippen MR) is 124 cm³/mol. The van der Waals surface area contributed by atoms with Gasteiger partial charge in [0.15, 0.2) is 0 Å². The van der Waals surface area contributed by atoms with Crippen molar-refractivity contribution in [3.8, 4) is 17.6 Å². The fraction of sp³-hybridized carbons (Fsp3) is 0.160. The minimum atomic E-state index is -0.342. The van der Waals surface area contributed by atoms with Gasteiger partial charge in [0.25, 0.3) is 5.91 Å². The number of amides is 1. The molecule has 3 aromatic carbocycles. The molecule has 0 fully saturated rings. The number of benzene rings is 3. The standard InChI is InChI=1S/C25H22ClN3O3/c1-2-13-31-23-10-7-20(8-11-23)25(30)29-28-16-21-14-22(26)9-12-24(21)32-17-19-5-3-18(15-27)4-6-19/h3-12,14,16H,2,13,17H2,1H3,(H,29,30)/b28-16+. The summed E-state index contributed by atoms with van der Waals surface area (Å²) in [6, 6.07) is 21.2. The minimum absolute atomic E-state index is 0.312. The molecule has 0 aliphatic rings. The summed E-state index contributed by atoms with van der Waals surface area (Å²) in [5.74, 6) is 0.939. The van der Waals surface area contributed by atoms with Gasteiger partial charge < -0.3 is 9.47 Å². The highest BCUT2D eigenvalue weighted by Crippen LogP contribution is 2.22. The zero-order valence-corrected chi connectivity index (χ0v) is 18.3. The largest absolute Gasteiger partial charge is 0.494 e. The fourth-order valence-electron chi connectivity index (χ4n) is 2.74. The van der Waals surface area contributed by atoms with Gasteiger partial charge in [0.2, 0.25) is 0 Å². The molecule has 0 saturated carbocycles. The Morgan fingerprint density at radius 3 is 2.53 bits per heavy atom. The molecule has 0 aliphatic heterocycles. The number of carbonyl (C=O) groups is 1. The molecule has 0 atom stereocenters. The van der Waals surface area contributed by atoms with Gasteiger partial charge in [-0.1, -0.05) is 30.7 Å². The van der Waals surface area contributed by atoms with Crippen LogP contribution in [0.25, 0.3) is 0 Å². The van der Waals surface area contributed by atoms with E-state index in [-0.39, 0.29) is 5.91 Å². The quantitative estimate of drug-likeness (QED) is 0.354. The predicted octanol–water partition coefficient (Wildman–Crippen LogP) is 5.34. The summed E-state index contributed by atoms with van der Waals surface area (Å²) in [5, 5.41) is 13.5. The Balaban J connectivity index is 1.62. The van der Waals surface area contributed by atoms with Crippen LogP contribution in [0.5, 0.6) is 11.5 Å². The highest BCUT2D eigenvalue weighted by molar-refractivity contribution is 6.30. The second-order valence-corrected chi connectivity index (χ2v) is 7.29. The Labute approximate surface area is 192 Å². The molecule has 162 valence electrons. The monoisotopic (exact) mass is 447 g/mol.